The first-order valence-electron chi connectivity index (χ1n) is 4.90. The molecule has 0 heteroatoms. The van der Waals surface area contributed by atoms with Crippen molar-refractivity contribution in [3.05, 3.63) is 0 Å². The van der Waals surface area contributed by atoms with Crippen molar-refractivity contribution in [2.24, 2.45) is 17.8 Å². The van der Waals surface area contributed by atoms with E-state index in [-0.39, 0.29) is 0 Å². The minimum Gasteiger partial charge on any atom is -0.0651 e. The predicted octanol–water partition coefficient (Wildman–Crippen LogP) is 3.22. The maximum atomic E-state index is 2.37. The maximum Gasteiger partial charge on any atom is -0.0386 e. The second-order valence-electron chi connectivity index (χ2n) is 4.18. The summed E-state index contributed by atoms with van der Waals surface area (Å²) in [6, 6.07) is 0. The van der Waals surface area contributed by atoms with Gasteiger partial charge in [0.1, 0.15) is 0 Å². The maximum absolute atomic E-state index is 2.37. The number of rotatable bonds is 1. The van der Waals surface area contributed by atoms with Crippen LogP contribution in [0.1, 0.15) is 45.4 Å². The minimum absolute atomic E-state index is 1.12. The van der Waals surface area contributed by atoms with Gasteiger partial charge in [-0.2, -0.15) is 0 Å². The first-order chi connectivity index (χ1) is 4.90. The van der Waals surface area contributed by atoms with Gasteiger partial charge in [-0.25, -0.2) is 0 Å². The van der Waals surface area contributed by atoms with Crippen LogP contribution in [0.4, 0.5) is 0 Å². The molecule has 3 saturated carbocycles. The van der Waals surface area contributed by atoms with E-state index in [1.165, 1.54) is 6.42 Å². The molecule has 0 unspecified atom stereocenters. The second kappa shape index (κ2) is 2.56. The van der Waals surface area contributed by atoms with E-state index in [1.54, 1.807) is 32.1 Å². The summed E-state index contributed by atoms with van der Waals surface area (Å²) in [6.07, 6.45) is 9.25. The van der Waals surface area contributed by atoms with E-state index in [0.29, 0.717) is 0 Å². The average Bonchev–Trinajstić information content (AvgIpc) is 2.06. The molecular weight excluding hydrogens is 120 g/mol. The van der Waals surface area contributed by atoms with Crippen molar-refractivity contribution in [2.45, 2.75) is 45.4 Å². The number of hydrogen-bond acceptors (Lipinski definition) is 0. The summed E-state index contributed by atoms with van der Waals surface area (Å²) in [6.45, 7) is 2.37. The van der Waals surface area contributed by atoms with Crippen molar-refractivity contribution in [2.75, 3.05) is 0 Å². The molecule has 10 heavy (non-hydrogen) atoms. The van der Waals surface area contributed by atoms with Crippen LogP contribution < -0.4 is 0 Å². The molecule has 3 rings (SSSR count). The van der Waals surface area contributed by atoms with Gasteiger partial charge in [-0.3, -0.25) is 0 Å². The molecule has 0 heterocycles. The molecule has 1 atom stereocenters. The monoisotopic (exact) mass is 138 g/mol. The molecule has 3 fully saturated rings. The Morgan fingerprint density at radius 3 is 2.10 bits per heavy atom. The summed E-state index contributed by atoms with van der Waals surface area (Å²) in [5, 5.41) is 0. The van der Waals surface area contributed by atoms with Crippen LogP contribution in [0, 0.1) is 17.8 Å². The predicted molar refractivity (Wildman–Crippen MR) is 43.8 cm³/mol. The zero-order valence-electron chi connectivity index (χ0n) is 6.97. The van der Waals surface area contributed by atoms with Gasteiger partial charge >= 0.3 is 0 Å². The van der Waals surface area contributed by atoms with Gasteiger partial charge < -0.3 is 0 Å². The highest BCUT2D eigenvalue weighted by Gasteiger charge is 2.33. The Morgan fingerprint density at radius 1 is 1.10 bits per heavy atom. The van der Waals surface area contributed by atoms with E-state index in [1.807, 2.05) is 0 Å². The number of hydrogen-bond donors (Lipinski definition) is 0. The molecule has 0 aliphatic heterocycles. The summed E-state index contributed by atoms with van der Waals surface area (Å²) < 4.78 is 0. The molecule has 0 spiro atoms. The van der Waals surface area contributed by atoms with Crippen molar-refractivity contribution in [1.82, 2.24) is 0 Å². The van der Waals surface area contributed by atoms with E-state index in [4.69, 9.17) is 0 Å². The highest BCUT2D eigenvalue weighted by molar-refractivity contribution is 4.85. The van der Waals surface area contributed by atoms with Gasteiger partial charge in [-0.1, -0.05) is 26.2 Å². The van der Waals surface area contributed by atoms with Crippen LogP contribution in [0.5, 0.6) is 0 Å². The van der Waals surface area contributed by atoms with E-state index in [9.17, 15) is 0 Å². The third-order valence-electron chi connectivity index (χ3n) is 3.72. The summed E-state index contributed by atoms with van der Waals surface area (Å²) in [4.78, 5) is 0. The van der Waals surface area contributed by atoms with Gasteiger partial charge in [-0.15, -0.1) is 0 Å². The van der Waals surface area contributed by atoms with Gasteiger partial charge in [0.15, 0.2) is 0 Å². The summed E-state index contributed by atoms with van der Waals surface area (Å²) >= 11 is 0. The van der Waals surface area contributed by atoms with Crippen molar-refractivity contribution < 1.29 is 0 Å². The van der Waals surface area contributed by atoms with Crippen molar-refractivity contribution >= 4 is 0 Å². The van der Waals surface area contributed by atoms with Crippen LogP contribution in [0.25, 0.3) is 0 Å². The lowest BCUT2D eigenvalue weighted by atomic mass is 9.64. The van der Waals surface area contributed by atoms with Crippen LogP contribution in [0.2, 0.25) is 0 Å². The van der Waals surface area contributed by atoms with Crippen LogP contribution in [0.3, 0.4) is 0 Å². The summed E-state index contributed by atoms with van der Waals surface area (Å²) in [5.74, 6) is 3.39. The van der Waals surface area contributed by atoms with E-state index < -0.39 is 0 Å². The minimum atomic E-state index is 1.12. The zero-order chi connectivity index (χ0) is 6.97. The smallest absolute Gasteiger partial charge is 0.0386 e. The fraction of sp³-hybridized carbons (Fsp3) is 1.00. The fourth-order valence-corrected chi connectivity index (χ4v) is 3.02. The molecular formula is C10H18. The van der Waals surface area contributed by atoms with Crippen molar-refractivity contribution in [3.63, 3.8) is 0 Å². The Kier molecular flexibility index (Phi) is 1.71. The molecule has 3 aliphatic rings. The van der Waals surface area contributed by atoms with Crippen LogP contribution in [-0.4, -0.2) is 0 Å². The van der Waals surface area contributed by atoms with E-state index >= 15 is 0 Å². The van der Waals surface area contributed by atoms with Gasteiger partial charge in [0.05, 0.1) is 0 Å². The Morgan fingerprint density at radius 2 is 1.80 bits per heavy atom. The second-order valence-corrected chi connectivity index (χ2v) is 4.18. The topological polar surface area (TPSA) is 0 Å². The Bertz CT molecular complexity index is 109. The lowest BCUT2D eigenvalue weighted by molar-refractivity contribution is 0.0964. The standard InChI is InChI=1S/C10H18/c1-2-9-7-8-3-5-10(9)6-4-8/h8-10H,2-7H2,1H3/t8?,9-,10?/m1/s1. The third kappa shape index (κ3) is 0.980. The molecule has 3 aliphatic carbocycles. The lowest BCUT2D eigenvalue weighted by Gasteiger charge is -2.42. The van der Waals surface area contributed by atoms with E-state index in [2.05, 4.69) is 6.92 Å². The lowest BCUT2D eigenvalue weighted by Crippen LogP contribution is -2.30. The summed E-state index contributed by atoms with van der Waals surface area (Å²) in [5.41, 5.74) is 0. The van der Waals surface area contributed by atoms with Gasteiger partial charge in [0, 0.05) is 0 Å². The molecule has 0 aromatic heterocycles. The fourth-order valence-electron chi connectivity index (χ4n) is 3.02. The number of fused-ring (bicyclic) bond motifs is 3. The highest BCUT2D eigenvalue weighted by atomic mass is 14.4. The van der Waals surface area contributed by atoms with Crippen molar-refractivity contribution in [3.8, 4) is 0 Å². The first kappa shape index (κ1) is 6.69. The van der Waals surface area contributed by atoms with E-state index in [0.717, 1.165) is 17.8 Å². The van der Waals surface area contributed by atoms with Crippen LogP contribution in [-0.2, 0) is 0 Å². The summed E-state index contributed by atoms with van der Waals surface area (Å²) in [7, 11) is 0. The molecule has 0 nitrogen and oxygen atoms in total. The quantitative estimate of drug-likeness (QED) is 0.522. The SMILES string of the molecule is CC[C@@H]1CC2CCC1CC2. The first-order valence-corrected chi connectivity index (χ1v) is 4.90. The Balaban J connectivity index is 2.01. The van der Waals surface area contributed by atoms with Gasteiger partial charge in [0.2, 0.25) is 0 Å². The molecule has 0 N–H and O–H groups in total. The van der Waals surface area contributed by atoms with Crippen LogP contribution in [0.15, 0.2) is 0 Å². The van der Waals surface area contributed by atoms with Gasteiger partial charge in [-0.05, 0) is 37.0 Å². The molecule has 0 aromatic carbocycles. The van der Waals surface area contributed by atoms with Crippen molar-refractivity contribution in [1.29, 1.82) is 0 Å². The normalized spacial score (nSPS) is 45.9. The molecule has 0 saturated heterocycles. The van der Waals surface area contributed by atoms with Gasteiger partial charge in [0.25, 0.3) is 0 Å². The molecule has 0 amide bonds. The zero-order valence-corrected chi connectivity index (χ0v) is 6.97. The third-order valence-corrected chi connectivity index (χ3v) is 3.72. The largest absolute Gasteiger partial charge is 0.0651 e. The Labute approximate surface area is 64.0 Å². The Hall–Kier alpha value is 0. The highest BCUT2D eigenvalue weighted by Crippen LogP contribution is 2.45. The molecule has 2 bridgehead atoms. The molecule has 0 radical (unpaired) electrons. The molecule has 58 valence electrons. The molecule has 0 aromatic rings. The average molecular weight is 138 g/mol. The van der Waals surface area contributed by atoms with Crippen LogP contribution >= 0.6 is 0 Å².